The third-order valence-corrected chi connectivity index (χ3v) is 6.32. The Morgan fingerprint density at radius 2 is 2.28 bits per heavy atom. The normalized spacial score (nSPS) is 24.2. The topological polar surface area (TPSA) is 131 Å². The first kappa shape index (κ1) is 24.4. The molecule has 12 nitrogen and oxygen atoms in total. The van der Waals surface area contributed by atoms with Gasteiger partial charge in [-0.2, -0.15) is 5.10 Å². The van der Waals surface area contributed by atoms with Crippen LogP contribution in [0.2, 0.25) is 0 Å². The molecule has 3 aromatic rings. The number of carbonyl (C=O) groups is 1. The lowest BCUT2D eigenvalue weighted by Crippen LogP contribution is -2.49. The lowest BCUT2D eigenvalue weighted by Gasteiger charge is -2.40. The molecule has 0 bridgehead atoms. The maximum absolute atomic E-state index is 15.0. The Labute approximate surface area is 207 Å². The van der Waals surface area contributed by atoms with E-state index in [1.54, 1.807) is 33.2 Å². The fourth-order valence-corrected chi connectivity index (χ4v) is 4.44. The molecule has 3 aromatic heterocycles. The van der Waals surface area contributed by atoms with E-state index in [0.717, 1.165) is 30.9 Å². The minimum Gasteiger partial charge on any atom is -0.441 e. The van der Waals surface area contributed by atoms with Crippen LogP contribution in [0.25, 0.3) is 5.65 Å². The van der Waals surface area contributed by atoms with E-state index in [1.165, 1.54) is 0 Å². The van der Waals surface area contributed by atoms with Crippen LogP contribution in [-0.4, -0.2) is 86.8 Å². The summed E-state index contributed by atoms with van der Waals surface area (Å²) in [6.07, 6.45) is 0.616. The monoisotopic (exact) mass is 502 g/mol. The first-order valence-corrected chi connectivity index (χ1v) is 12.0. The number of nitrogens with one attached hydrogen (secondary N) is 3. The molecule has 4 atom stereocenters. The van der Waals surface area contributed by atoms with Crippen LogP contribution in [0.1, 0.15) is 37.8 Å². The maximum atomic E-state index is 15.0. The number of hydrogen-bond acceptors (Lipinski definition) is 9. The Morgan fingerprint density at radius 1 is 1.42 bits per heavy atom. The number of alkyl carbamates (subject to hydrolysis) is 1. The summed E-state index contributed by atoms with van der Waals surface area (Å²) in [6.45, 7) is 6.02. The number of carbonyl (C=O) groups excluding carboxylic acids is 1. The zero-order valence-corrected chi connectivity index (χ0v) is 20.5. The fraction of sp³-hybridized carbons (Fsp3) is 0.565. The highest BCUT2D eigenvalue weighted by molar-refractivity contribution is 5.67. The van der Waals surface area contributed by atoms with Gasteiger partial charge >= 0.3 is 6.09 Å². The number of H-pyrrole nitrogens is 1. The molecular formula is C23H31FN8O4. The molecule has 5 rings (SSSR count). The van der Waals surface area contributed by atoms with E-state index >= 15 is 0 Å². The number of methoxy groups -OCH3 is 1. The van der Waals surface area contributed by atoms with Gasteiger partial charge in [0, 0.05) is 50.7 Å². The molecule has 2 aliphatic heterocycles. The van der Waals surface area contributed by atoms with E-state index in [1.807, 2.05) is 16.7 Å². The minimum absolute atomic E-state index is 0.0416. The number of imidazole rings is 1. The van der Waals surface area contributed by atoms with Crippen molar-refractivity contribution in [2.24, 2.45) is 0 Å². The molecule has 0 spiro atoms. The van der Waals surface area contributed by atoms with Crippen molar-refractivity contribution in [2.45, 2.75) is 57.3 Å². The van der Waals surface area contributed by atoms with E-state index in [9.17, 15) is 9.18 Å². The van der Waals surface area contributed by atoms with Gasteiger partial charge < -0.3 is 24.8 Å². The quantitative estimate of drug-likeness (QED) is 0.403. The van der Waals surface area contributed by atoms with Crippen LogP contribution < -0.4 is 10.6 Å². The van der Waals surface area contributed by atoms with Gasteiger partial charge in [0.05, 0.1) is 24.6 Å². The summed E-state index contributed by atoms with van der Waals surface area (Å²) in [4.78, 5) is 23.3. The highest BCUT2D eigenvalue weighted by atomic mass is 19.1. The van der Waals surface area contributed by atoms with Gasteiger partial charge in [-0.15, -0.1) is 0 Å². The molecule has 3 N–H and O–H groups in total. The Balaban J connectivity index is 1.24. The van der Waals surface area contributed by atoms with Crippen molar-refractivity contribution in [2.75, 3.05) is 32.2 Å². The van der Waals surface area contributed by atoms with Crippen molar-refractivity contribution < 1.29 is 23.4 Å². The van der Waals surface area contributed by atoms with Crippen LogP contribution in [-0.2, 0) is 20.8 Å². The number of hydrogen-bond donors (Lipinski definition) is 3. The van der Waals surface area contributed by atoms with Crippen LogP contribution in [0.4, 0.5) is 21.0 Å². The van der Waals surface area contributed by atoms with E-state index in [-0.39, 0.29) is 12.6 Å². The third kappa shape index (κ3) is 5.13. The number of nitrogens with zero attached hydrogens (tertiary/aromatic N) is 5. The number of amides is 1. The number of fused-ring (bicyclic) bond motifs is 1. The van der Waals surface area contributed by atoms with E-state index in [4.69, 9.17) is 19.2 Å². The van der Waals surface area contributed by atoms with Gasteiger partial charge in [-0.25, -0.2) is 19.2 Å². The molecule has 1 amide bonds. The summed E-state index contributed by atoms with van der Waals surface area (Å²) in [6, 6.07) is 3.80. The Morgan fingerprint density at radius 3 is 3.03 bits per heavy atom. The number of ether oxygens (including phenoxy) is 3. The van der Waals surface area contributed by atoms with Crippen molar-refractivity contribution in [3.05, 3.63) is 35.9 Å². The maximum Gasteiger partial charge on any atom is 0.407 e. The molecule has 0 radical (unpaired) electrons. The summed E-state index contributed by atoms with van der Waals surface area (Å²) in [7, 11) is 1.72. The Hall–Kier alpha value is -3.29. The van der Waals surface area contributed by atoms with Gasteiger partial charge in [0.15, 0.2) is 18.1 Å². The highest BCUT2D eigenvalue weighted by Crippen LogP contribution is 2.33. The third-order valence-electron chi connectivity index (χ3n) is 6.32. The summed E-state index contributed by atoms with van der Waals surface area (Å²) in [5.74, 6) is 0.970. The summed E-state index contributed by atoms with van der Waals surface area (Å²) in [5, 5.41) is 12.8. The molecule has 5 heterocycles. The predicted molar refractivity (Wildman–Crippen MR) is 128 cm³/mol. The Bertz CT molecular complexity index is 1200. The lowest BCUT2D eigenvalue weighted by molar-refractivity contribution is 0.0171. The molecular weight excluding hydrogens is 471 g/mol. The number of halogens is 1. The average Bonchev–Trinajstić information content (AvgIpc) is 3.54. The molecule has 0 saturated carbocycles. The number of rotatable bonds is 9. The van der Waals surface area contributed by atoms with Gasteiger partial charge in [-0.1, -0.05) is 0 Å². The molecule has 0 aliphatic carbocycles. The largest absolute Gasteiger partial charge is 0.441 e. The fourth-order valence-electron chi connectivity index (χ4n) is 4.44. The van der Waals surface area contributed by atoms with Crippen LogP contribution in [0.3, 0.4) is 0 Å². The minimum atomic E-state index is -1.53. The van der Waals surface area contributed by atoms with Crippen LogP contribution in [0, 0.1) is 0 Å². The zero-order chi connectivity index (χ0) is 25.2. The van der Waals surface area contributed by atoms with E-state index < -0.39 is 24.5 Å². The van der Waals surface area contributed by atoms with Crippen molar-refractivity contribution in [3.63, 3.8) is 0 Å². The SMILES string of the molecule is COCC1CCN1Cc1cn2c(Nc3cc([C@@H]4OC[C@H](OC(=O)NC(C)C)[C@H]4F)[nH]n3)nccc2n1. The Kier molecular flexibility index (Phi) is 7.03. The van der Waals surface area contributed by atoms with Gasteiger partial charge in [0.2, 0.25) is 5.95 Å². The van der Waals surface area contributed by atoms with Gasteiger partial charge in [0.1, 0.15) is 11.8 Å². The number of anilines is 2. The van der Waals surface area contributed by atoms with Gasteiger partial charge in [-0.05, 0) is 26.3 Å². The second kappa shape index (κ2) is 10.4. The molecule has 0 aromatic carbocycles. The van der Waals surface area contributed by atoms with Gasteiger partial charge in [0.25, 0.3) is 0 Å². The number of likely N-dealkylation sites (tertiary alicyclic amines) is 1. The number of alkyl halides is 1. The second-order valence-electron chi connectivity index (χ2n) is 9.37. The van der Waals surface area contributed by atoms with E-state index in [0.29, 0.717) is 30.1 Å². The molecule has 2 saturated heterocycles. The van der Waals surface area contributed by atoms with Crippen molar-refractivity contribution in [1.29, 1.82) is 0 Å². The molecule has 194 valence electrons. The number of aromatic amines is 1. The standard InChI is InChI=1S/C23H31FN8O4/c1-13(2)26-23(33)36-17-12-35-21(20(17)24)16-8-18(30-29-16)28-22-25-6-4-19-27-14(10-32(19)22)9-31-7-5-15(31)11-34-3/h4,6,8,10,13,15,17,20-21H,5,7,9,11-12H2,1-3H3,(H,26,33)(H2,25,28,29,30)/t15?,17-,20+,21-/m0/s1. The van der Waals surface area contributed by atoms with Crippen molar-refractivity contribution in [3.8, 4) is 0 Å². The van der Waals surface area contributed by atoms with Crippen molar-refractivity contribution >= 4 is 23.5 Å². The second-order valence-corrected chi connectivity index (χ2v) is 9.37. The van der Waals surface area contributed by atoms with Crippen LogP contribution >= 0.6 is 0 Å². The van der Waals surface area contributed by atoms with Crippen molar-refractivity contribution in [1.82, 2.24) is 34.8 Å². The molecule has 2 fully saturated rings. The smallest absolute Gasteiger partial charge is 0.407 e. The van der Waals surface area contributed by atoms with E-state index in [2.05, 4.69) is 30.7 Å². The lowest BCUT2D eigenvalue weighted by atomic mass is 10.0. The predicted octanol–water partition coefficient (Wildman–Crippen LogP) is 2.33. The summed E-state index contributed by atoms with van der Waals surface area (Å²) < 4.78 is 32.8. The molecule has 1 unspecified atom stereocenters. The van der Waals surface area contributed by atoms with Crippen LogP contribution in [0.15, 0.2) is 24.5 Å². The summed E-state index contributed by atoms with van der Waals surface area (Å²) in [5.41, 5.74) is 2.12. The highest BCUT2D eigenvalue weighted by Gasteiger charge is 2.42. The first-order valence-electron chi connectivity index (χ1n) is 12.0. The molecule has 2 aliphatic rings. The van der Waals surface area contributed by atoms with Crippen LogP contribution in [0.5, 0.6) is 0 Å². The average molecular weight is 503 g/mol. The summed E-state index contributed by atoms with van der Waals surface area (Å²) >= 11 is 0. The number of aromatic nitrogens is 5. The first-order chi connectivity index (χ1) is 17.4. The molecule has 36 heavy (non-hydrogen) atoms. The zero-order valence-electron chi connectivity index (χ0n) is 20.5. The van der Waals surface area contributed by atoms with Gasteiger partial charge in [-0.3, -0.25) is 14.4 Å². The molecule has 13 heteroatoms.